The molecule has 0 unspecified atom stereocenters. The first-order valence-corrected chi connectivity index (χ1v) is 10.5. The van der Waals surface area contributed by atoms with Crippen molar-refractivity contribution in [3.63, 3.8) is 0 Å². The Morgan fingerprint density at radius 3 is 2.86 bits per heavy atom. The minimum absolute atomic E-state index is 0.0469. The molecule has 6 rings (SSSR count). The third-order valence-electron chi connectivity index (χ3n) is 5.79. The number of aromatic nitrogens is 7. The van der Waals surface area contributed by atoms with E-state index in [0.29, 0.717) is 17.8 Å². The fourth-order valence-electron chi connectivity index (χ4n) is 4.25. The van der Waals surface area contributed by atoms with Gasteiger partial charge in [-0.1, -0.05) is 0 Å². The fourth-order valence-corrected chi connectivity index (χ4v) is 4.25. The summed E-state index contributed by atoms with van der Waals surface area (Å²) in [7, 11) is 0. The molecule has 0 fully saturated rings. The highest BCUT2D eigenvalue weighted by Crippen LogP contribution is 2.37. The first-order chi connectivity index (χ1) is 16.9. The zero-order valence-electron chi connectivity index (χ0n) is 17.8. The van der Waals surface area contributed by atoms with Gasteiger partial charge in [-0.05, 0) is 18.2 Å². The van der Waals surface area contributed by atoms with Crippen molar-refractivity contribution >= 4 is 11.4 Å². The van der Waals surface area contributed by atoms with E-state index in [1.165, 1.54) is 54.3 Å². The first kappa shape index (κ1) is 21.0. The number of halogens is 3. The average molecular weight is 480 g/mol. The van der Waals surface area contributed by atoms with Crippen LogP contribution in [0, 0.1) is 0 Å². The molecule has 35 heavy (non-hydrogen) atoms. The molecular formula is C22H15F3N8O2. The smallest absolute Gasteiger partial charge is 0.418 e. The lowest BCUT2D eigenvalue weighted by Crippen LogP contribution is -2.40. The maximum Gasteiger partial charge on any atom is 0.418 e. The Labute approximate surface area is 194 Å². The SMILES string of the molecule is O=C(c1cnc(-c2cnccn2)o1)N1CCc2[nH]cnc2[C@@H]1c1cc2c(C(F)(F)F)cccn2n1. The van der Waals surface area contributed by atoms with Crippen LogP contribution in [0.2, 0.25) is 0 Å². The molecular weight excluding hydrogens is 465 g/mol. The molecule has 5 aromatic rings. The third-order valence-corrected chi connectivity index (χ3v) is 5.79. The van der Waals surface area contributed by atoms with E-state index in [9.17, 15) is 18.0 Å². The molecule has 0 spiro atoms. The lowest BCUT2D eigenvalue weighted by atomic mass is 9.99. The highest BCUT2D eigenvalue weighted by molar-refractivity contribution is 5.92. The Kier molecular flexibility index (Phi) is 4.65. The monoisotopic (exact) mass is 480 g/mol. The number of hydrogen-bond donors (Lipinski definition) is 1. The second-order valence-electron chi connectivity index (χ2n) is 7.86. The zero-order valence-corrected chi connectivity index (χ0v) is 17.8. The van der Waals surface area contributed by atoms with Gasteiger partial charge in [0.25, 0.3) is 5.91 Å². The molecule has 0 radical (unpaired) electrons. The van der Waals surface area contributed by atoms with Crippen molar-refractivity contribution in [1.29, 1.82) is 0 Å². The van der Waals surface area contributed by atoms with E-state index in [0.717, 1.165) is 16.3 Å². The molecule has 1 amide bonds. The third kappa shape index (κ3) is 3.52. The van der Waals surface area contributed by atoms with Crippen LogP contribution in [0.3, 0.4) is 0 Å². The van der Waals surface area contributed by atoms with Gasteiger partial charge in [0.2, 0.25) is 11.7 Å². The molecule has 0 aliphatic carbocycles. The maximum absolute atomic E-state index is 13.6. The van der Waals surface area contributed by atoms with Crippen LogP contribution in [0.4, 0.5) is 13.2 Å². The number of pyridine rings is 1. The summed E-state index contributed by atoms with van der Waals surface area (Å²) in [5.41, 5.74) is 0.960. The highest BCUT2D eigenvalue weighted by atomic mass is 19.4. The van der Waals surface area contributed by atoms with Crippen molar-refractivity contribution in [2.45, 2.75) is 18.6 Å². The van der Waals surface area contributed by atoms with Crippen LogP contribution in [0.1, 0.15) is 39.2 Å². The molecule has 0 saturated carbocycles. The molecule has 176 valence electrons. The van der Waals surface area contributed by atoms with E-state index in [1.807, 2.05) is 0 Å². The number of alkyl halides is 3. The number of hydrogen-bond acceptors (Lipinski definition) is 7. The van der Waals surface area contributed by atoms with E-state index in [-0.39, 0.29) is 29.4 Å². The molecule has 13 heteroatoms. The van der Waals surface area contributed by atoms with Crippen LogP contribution in [-0.4, -0.2) is 51.9 Å². The maximum atomic E-state index is 13.6. The van der Waals surface area contributed by atoms with Gasteiger partial charge < -0.3 is 14.3 Å². The molecule has 0 aromatic carbocycles. The average Bonchev–Trinajstić information content (AvgIpc) is 3.61. The fraction of sp³-hybridized carbons (Fsp3) is 0.182. The minimum atomic E-state index is -4.56. The lowest BCUT2D eigenvalue weighted by molar-refractivity contribution is -0.136. The number of amides is 1. The van der Waals surface area contributed by atoms with E-state index in [1.54, 1.807) is 0 Å². The van der Waals surface area contributed by atoms with Crippen molar-refractivity contribution in [1.82, 2.24) is 39.4 Å². The molecule has 6 heterocycles. The summed E-state index contributed by atoms with van der Waals surface area (Å²) in [4.78, 5) is 34.6. The largest absolute Gasteiger partial charge is 0.429 e. The summed E-state index contributed by atoms with van der Waals surface area (Å²) >= 11 is 0. The number of carbonyl (C=O) groups excluding carboxylic acids is 1. The predicted octanol–water partition coefficient (Wildman–Crippen LogP) is 3.31. The zero-order chi connectivity index (χ0) is 24.2. The van der Waals surface area contributed by atoms with E-state index in [2.05, 4.69) is 30.0 Å². The predicted molar refractivity (Wildman–Crippen MR) is 113 cm³/mol. The van der Waals surface area contributed by atoms with Crippen molar-refractivity contribution in [2.24, 2.45) is 0 Å². The van der Waals surface area contributed by atoms with Crippen LogP contribution in [-0.2, 0) is 12.6 Å². The minimum Gasteiger partial charge on any atom is -0.429 e. The Balaban J connectivity index is 1.42. The molecule has 0 saturated heterocycles. The summed E-state index contributed by atoms with van der Waals surface area (Å²) in [6.45, 7) is 0.264. The summed E-state index contributed by atoms with van der Waals surface area (Å²) in [6.07, 6.45) is 4.54. The Morgan fingerprint density at radius 1 is 1.17 bits per heavy atom. The van der Waals surface area contributed by atoms with E-state index >= 15 is 0 Å². The summed E-state index contributed by atoms with van der Waals surface area (Å²) in [5, 5.41) is 4.37. The van der Waals surface area contributed by atoms with Gasteiger partial charge >= 0.3 is 6.18 Å². The van der Waals surface area contributed by atoms with Gasteiger partial charge in [0.05, 0.1) is 41.2 Å². The van der Waals surface area contributed by atoms with Gasteiger partial charge in [-0.25, -0.2) is 19.5 Å². The van der Waals surface area contributed by atoms with Crippen molar-refractivity contribution in [3.05, 3.63) is 83.9 Å². The van der Waals surface area contributed by atoms with Gasteiger partial charge in [0, 0.05) is 37.3 Å². The molecule has 1 aliphatic heterocycles. The van der Waals surface area contributed by atoms with Crippen LogP contribution in [0.25, 0.3) is 17.1 Å². The molecule has 5 aromatic heterocycles. The topological polar surface area (TPSA) is 118 Å². The Hall–Kier alpha value is -4.55. The number of rotatable bonds is 3. The number of imidazole rings is 1. The number of carbonyl (C=O) groups is 1. The van der Waals surface area contributed by atoms with Crippen LogP contribution < -0.4 is 0 Å². The highest BCUT2D eigenvalue weighted by Gasteiger charge is 2.39. The van der Waals surface area contributed by atoms with E-state index < -0.39 is 23.7 Å². The van der Waals surface area contributed by atoms with Gasteiger partial charge in [0.1, 0.15) is 11.7 Å². The number of oxazole rings is 1. The number of nitrogens with one attached hydrogen (secondary N) is 1. The van der Waals surface area contributed by atoms with Gasteiger partial charge in [-0.3, -0.25) is 9.78 Å². The lowest BCUT2D eigenvalue weighted by Gasteiger charge is -2.33. The quantitative estimate of drug-likeness (QED) is 0.421. The van der Waals surface area contributed by atoms with Crippen molar-refractivity contribution in [3.8, 4) is 11.6 Å². The second kappa shape index (κ2) is 7.75. The molecule has 0 bridgehead atoms. The van der Waals surface area contributed by atoms with Crippen molar-refractivity contribution in [2.75, 3.05) is 6.54 Å². The van der Waals surface area contributed by atoms with Gasteiger partial charge in [-0.15, -0.1) is 0 Å². The molecule has 1 atom stereocenters. The normalized spacial score (nSPS) is 16.0. The van der Waals surface area contributed by atoms with Crippen LogP contribution in [0.5, 0.6) is 0 Å². The summed E-state index contributed by atoms with van der Waals surface area (Å²) in [5.74, 6) is -0.424. The van der Waals surface area contributed by atoms with Crippen LogP contribution in [0.15, 0.2) is 59.9 Å². The number of nitrogens with zero attached hydrogens (tertiary/aromatic N) is 7. The number of H-pyrrole nitrogens is 1. The van der Waals surface area contributed by atoms with Gasteiger partial charge in [-0.2, -0.15) is 18.3 Å². The number of fused-ring (bicyclic) bond motifs is 2. The molecule has 1 N–H and O–H groups in total. The molecule has 10 nitrogen and oxygen atoms in total. The first-order valence-electron chi connectivity index (χ1n) is 10.5. The van der Waals surface area contributed by atoms with E-state index in [4.69, 9.17) is 4.42 Å². The Bertz CT molecular complexity index is 1540. The standard InChI is InChI=1S/C22H15F3N8O2/c23-22(24,25)12-2-1-6-33-16(12)8-14(31-33)19-18-13(29-11-30-18)3-7-32(19)21(34)17-10-28-20(35-17)15-9-26-4-5-27-15/h1-2,4-6,8-11,19H,3,7H2,(H,29,30)/t19-/m0/s1. The van der Waals surface area contributed by atoms with Crippen LogP contribution >= 0.6 is 0 Å². The van der Waals surface area contributed by atoms with Crippen molar-refractivity contribution < 1.29 is 22.4 Å². The Morgan fingerprint density at radius 2 is 2.06 bits per heavy atom. The van der Waals surface area contributed by atoms with Gasteiger partial charge in [0.15, 0.2) is 0 Å². The molecule has 1 aliphatic rings. The number of aromatic amines is 1. The summed E-state index contributed by atoms with van der Waals surface area (Å²) < 4.78 is 47.5. The summed E-state index contributed by atoms with van der Waals surface area (Å²) in [6, 6.07) is 2.78. The second-order valence-corrected chi connectivity index (χ2v) is 7.86.